The molecular formula is C14H19FN2O3. The Labute approximate surface area is 117 Å². The number of carbonyl (C=O) groups is 1. The molecule has 1 fully saturated rings. The number of halogens is 1. The van der Waals surface area contributed by atoms with Gasteiger partial charge in [-0.15, -0.1) is 0 Å². The number of hydrogen-bond acceptors (Lipinski definition) is 4. The molecule has 1 saturated heterocycles. The molecule has 1 aromatic heterocycles. The van der Waals surface area contributed by atoms with Gasteiger partial charge in [-0.25, -0.2) is 14.2 Å². The lowest BCUT2D eigenvalue weighted by atomic mass is 10.1. The standard InChI is InChI=1S/C14H19FN2O3/c1-2-6-20-11-4-3-5-17(9-11)13-12(14(18)19)7-10(15)8-16-13/h7-8,11H,2-6,9H2,1H3,(H,18,19). The third-order valence-electron chi connectivity index (χ3n) is 3.30. The number of ether oxygens (including phenoxy) is 1. The molecule has 2 rings (SSSR count). The number of aromatic carboxylic acids is 1. The van der Waals surface area contributed by atoms with Crippen molar-refractivity contribution >= 4 is 11.8 Å². The second kappa shape index (κ2) is 6.65. The molecular weight excluding hydrogens is 263 g/mol. The third-order valence-corrected chi connectivity index (χ3v) is 3.30. The highest BCUT2D eigenvalue weighted by Crippen LogP contribution is 2.23. The zero-order chi connectivity index (χ0) is 14.5. The zero-order valence-corrected chi connectivity index (χ0v) is 11.5. The van der Waals surface area contributed by atoms with Crippen LogP contribution in [0, 0.1) is 5.82 Å². The fraction of sp³-hybridized carbons (Fsp3) is 0.571. The second-order valence-corrected chi connectivity index (χ2v) is 4.91. The van der Waals surface area contributed by atoms with Gasteiger partial charge < -0.3 is 14.7 Å². The summed E-state index contributed by atoms with van der Waals surface area (Å²) in [6, 6.07) is 1.02. The van der Waals surface area contributed by atoms with E-state index in [-0.39, 0.29) is 11.7 Å². The van der Waals surface area contributed by atoms with Crippen LogP contribution in [0.25, 0.3) is 0 Å². The van der Waals surface area contributed by atoms with Crippen molar-refractivity contribution in [2.75, 3.05) is 24.6 Å². The SMILES string of the molecule is CCCOC1CCCN(c2ncc(F)cc2C(=O)O)C1. The third kappa shape index (κ3) is 3.45. The maximum atomic E-state index is 13.1. The minimum absolute atomic E-state index is 0.0807. The quantitative estimate of drug-likeness (QED) is 0.898. The molecule has 0 bridgehead atoms. The Kier molecular flexibility index (Phi) is 4.89. The number of rotatable bonds is 5. The van der Waals surface area contributed by atoms with Gasteiger partial charge in [0.2, 0.25) is 0 Å². The Morgan fingerprint density at radius 3 is 3.15 bits per heavy atom. The van der Waals surface area contributed by atoms with Crippen LogP contribution in [0.1, 0.15) is 36.5 Å². The molecule has 110 valence electrons. The van der Waals surface area contributed by atoms with Crippen molar-refractivity contribution in [3.8, 4) is 0 Å². The van der Waals surface area contributed by atoms with Crippen molar-refractivity contribution in [3.63, 3.8) is 0 Å². The molecule has 6 heteroatoms. The van der Waals surface area contributed by atoms with Crippen LogP contribution >= 0.6 is 0 Å². The van der Waals surface area contributed by atoms with E-state index in [1.54, 1.807) is 0 Å². The van der Waals surface area contributed by atoms with E-state index in [9.17, 15) is 9.18 Å². The summed E-state index contributed by atoms with van der Waals surface area (Å²) in [5.74, 6) is -1.48. The van der Waals surface area contributed by atoms with E-state index >= 15 is 0 Å². The molecule has 0 spiro atoms. The fourth-order valence-electron chi connectivity index (χ4n) is 2.39. The molecule has 0 saturated carbocycles. The molecule has 0 aromatic carbocycles. The Hall–Kier alpha value is -1.69. The van der Waals surface area contributed by atoms with Crippen LogP contribution in [0.3, 0.4) is 0 Å². The summed E-state index contributed by atoms with van der Waals surface area (Å²) < 4.78 is 18.9. The largest absolute Gasteiger partial charge is 0.478 e. The van der Waals surface area contributed by atoms with Crippen molar-refractivity contribution in [1.82, 2.24) is 4.98 Å². The smallest absolute Gasteiger partial charge is 0.339 e. The number of piperidine rings is 1. The number of aromatic nitrogens is 1. The van der Waals surface area contributed by atoms with Gasteiger partial charge in [-0.2, -0.15) is 0 Å². The van der Waals surface area contributed by atoms with Gasteiger partial charge >= 0.3 is 5.97 Å². The van der Waals surface area contributed by atoms with Crippen LogP contribution in [0.5, 0.6) is 0 Å². The Morgan fingerprint density at radius 1 is 1.65 bits per heavy atom. The average molecular weight is 282 g/mol. The summed E-state index contributed by atoms with van der Waals surface area (Å²) in [5, 5.41) is 9.16. The second-order valence-electron chi connectivity index (χ2n) is 4.91. The van der Waals surface area contributed by atoms with E-state index in [1.807, 2.05) is 11.8 Å². The van der Waals surface area contributed by atoms with E-state index in [1.165, 1.54) is 0 Å². The summed E-state index contributed by atoms with van der Waals surface area (Å²) >= 11 is 0. The Morgan fingerprint density at radius 2 is 2.45 bits per heavy atom. The maximum absolute atomic E-state index is 13.1. The number of carboxylic acids is 1. The van der Waals surface area contributed by atoms with E-state index in [0.717, 1.165) is 31.5 Å². The van der Waals surface area contributed by atoms with E-state index in [2.05, 4.69) is 4.98 Å². The first-order valence-electron chi connectivity index (χ1n) is 6.87. The van der Waals surface area contributed by atoms with Crippen LogP contribution in [0.2, 0.25) is 0 Å². The van der Waals surface area contributed by atoms with Crippen LogP contribution in [-0.4, -0.2) is 41.9 Å². The average Bonchev–Trinajstić information content (AvgIpc) is 2.45. The van der Waals surface area contributed by atoms with Gasteiger partial charge in [-0.05, 0) is 25.3 Å². The van der Waals surface area contributed by atoms with Crippen LogP contribution in [-0.2, 0) is 4.74 Å². The molecule has 1 atom stereocenters. The molecule has 1 N–H and O–H groups in total. The molecule has 0 amide bonds. The number of nitrogens with zero attached hydrogens (tertiary/aromatic N) is 2. The monoisotopic (exact) mass is 282 g/mol. The summed E-state index contributed by atoms with van der Waals surface area (Å²) in [4.78, 5) is 17.0. The van der Waals surface area contributed by atoms with Crippen molar-refractivity contribution < 1.29 is 19.0 Å². The lowest BCUT2D eigenvalue weighted by Crippen LogP contribution is -2.41. The van der Waals surface area contributed by atoms with Gasteiger partial charge in [0.05, 0.1) is 12.3 Å². The first-order chi connectivity index (χ1) is 9.61. The van der Waals surface area contributed by atoms with Crippen molar-refractivity contribution in [2.45, 2.75) is 32.3 Å². The first-order valence-corrected chi connectivity index (χ1v) is 6.87. The maximum Gasteiger partial charge on any atom is 0.339 e. The highest BCUT2D eigenvalue weighted by Gasteiger charge is 2.25. The summed E-state index contributed by atoms with van der Waals surface area (Å²) in [5.41, 5.74) is -0.0962. The van der Waals surface area contributed by atoms with Gasteiger partial charge in [-0.3, -0.25) is 0 Å². The van der Waals surface area contributed by atoms with Crippen LogP contribution in [0.4, 0.5) is 10.2 Å². The van der Waals surface area contributed by atoms with Gasteiger partial charge in [0, 0.05) is 19.7 Å². The number of hydrogen-bond donors (Lipinski definition) is 1. The lowest BCUT2D eigenvalue weighted by molar-refractivity contribution is 0.0437. The predicted molar refractivity (Wildman–Crippen MR) is 72.6 cm³/mol. The first kappa shape index (κ1) is 14.7. The summed E-state index contributed by atoms with van der Waals surface area (Å²) in [6.45, 7) is 4.05. The van der Waals surface area contributed by atoms with Gasteiger partial charge in [0.15, 0.2) is 0 Å². The van der Waals surface area contributed by atoms with E-state index in [4.69, 9.17) is 9.84 Å². The van der Waals surface area contributed by atoms with Crippen molar-refractivity contribution in [3.05, 3.63) is 23.6 Å². The molecule has 2 heterocycles. The highest BCUT2D eigenvalue weighted by molar-refractivity contribution is 5.93. The van der Waals surface area contributed by atoms with Gasteiger partial charge in [0.1, 0.15) is 17.2 Å². The Bertz CT molecular complexity index is 481. The Balaban J connectivity index is 2.16. The molecule has 5 nitrogen and oxygen atoms in total. The molecule has 1 aliphatic heterocycles. The van der Waals surface area contributed by atoms with Crippen LogP contribution in [0.15, 0.2) is 12.3 Å². The number of anilines is 1. The molecule has 0 radical (unpaired) electrons. The minimum Gasteiger partial charge on any atom is -0.478 e. The van der Waals surface area contributed by atoms with Crippen LogP contribution < -0.4 is 4.90 Å². The molecule has 1 unspecified atom stereocenters. The summed E-state index contributed by atoms with van der Waals surface area (Å²) in [7, 11) is 0. The topological polar surface area (TPSA) is 62.7 Å². The molecule has 20 heavy (non-hydrogen) atoms. The lowest BCUT2D eigenvalue weighted by Gasteiger charge is -2.34. The van der Waals surface area contributed by atoms with E-state index in [0.29, 0.717) is 25.5 Å². The normalized spacial score (nSPS) is 19.1. The number of carboxylic acid groups (broad SMARTS) is 1. The van der Waals surface area contributed by atoms with Gasteiger partial charge in [-0.1, -0.05) is 6.92 Å². The number of pyridine rings is 1. The zero-order valence-electron chi connectivity index (χ0n) is 11.5. The van der Waals surface area contributed by atoms with Crippen molar-refractivity contribution in [2.24, 2.45) is 0 Å². The minimum atomic E-state index is -1.16. The summed E-state index contributed by atoms with van der Waals surface area (Å²) in [6.07, 6.45) is 3.95. The fourth-order valence-corrected chi connectivity index (χ4v) is 2.39. The van der Waals surface area contributed by atoms with Crippen molar-refractivity contribution in [1.29, 1.82) is 0 Å². The predicted octanol–water partition coefficient (Wildman–Crippen LogP) is 2.31. The van der Waals surface area contributed by atoms with Gasteiger partial charge in [0.25, 0.3) is 0 Å². The molecule has 1 aliphatic rings. The highest BCUT2D eigenvalue weighted by atomic mass is 19.1. The van der Waals surface area contributed by atoms with E-state index < -0.39 is 11.8 Å². The molecule has 0 aliphatic carbocycles. The molecule has 1 aromatic rings.